The van der Waals surface area contributed by atoms with Crippen molar-refractivity contribution in [2.45, 2.75) is 33.1 Å². The first-order chi connectivity index (χ1) is 13.4. The molecule has 1 aliphatic rings. The lowest BCUT2D eigenvalue weighted by molar-refractivity contribution is 0.0932. The Morgan fingerprint density at radius 2 is 2.07 bits per heavy atom. The summed E-state index contributed by atoms with van der Waals surface area (Å²) in [6, 6.07) is 10.2. The molecule has 1 aromatic carbocycles. The number of ketones is 1. The van der Waals surface area contributed by atoms with Crippen LogP contribution in [0.1, 0.15) is 47.4 Å². The van der Waals surface area contributed by atoms with Gasteiger partial charge in [-0.15, -0.1) is 0 Å². The predicted molar refractivity (Wildman–Crippen MR) is 109 cm³/mol. The van der Waals surface area contributed by atoms with E-state index in [9.17, 15) is 9.18 Å². The van der Waals surface area contributed by atoms with Gasteiger partial charge in [0.05, 0.1) is 5.69 Å². The van der Waals surface area contributed by atoms with Crippen molar-refractivity contribution < 1.29 is 9.18 Å². The Hall–Kier alpha value is -2.95. The quantitative estimate of drug-likeness (QED) is 0.687. The fourth-order valence-electron chi connectivity index (χ4n) is 4.11. The van der Waals surface area contributed by atoms with Crippen molar-refractivity contribution in [1.29, 1.82) is 0 Å². The van der Waals surface area contributed by atoms with Gasteiger partial charge in [0.15, 0.2) is 5.78 Å². The van der Waals surface area contributed by atoms with Gasteiger partial charge < -0.3 is 10.7 Å². The molecule has 0 saturated heterocycles. The number of nitrogens with zero attached hydrogens (tertiary/aromatic N) is 1. The van der Waals surface area contributed by atoms with Gasteiger partial charge in [-0.3, -0.25) is 4.79 Å². The van der Waals surface area contributed by atoms with E-state index in [2.05, 4.69) is 23.8 Å². The fraction of sp³-hybridized carbons (Fsp3) is 0.304. The molecule has 5 heteroatoms. The minimum absolute atomic E-state index is 0.163. The highest BCUT2D eigenvalue weighted by Gasteiger charge is 2.32. The zero-order valence-corrected chi connectivity index (χ0v) is 16.1. The summed E-state index contributed by atoms with van der Waals surface area (Å²) >= 11 is 0. The van der Waals surface area contributed by atoms with Gasteiger partial charge in [0.2, 0.25) is 0 Å². The van der Waals surface area contributed by atoms with Crippen LogP contribution in [0.15, 0.2) is 42.6 Å². The Kier molecular flexibility index (Phi) is 4.75. The Labute approximate surface area is 164 Å². The van der Waals surface area contributed by atoms with E-state index in [0.717, 1.165) is 40.1 Å². The number of hydrogen-bond donors (Lipinski definition) is 2. The van der Waals surface area contributed by atoms with Crippen LogP contribution in [0.25, 0.3) is 11.3 Å². The van der Waals surface area contributed by atoms with Gasteiger partial charge in [-0.2, -0.15) is 0 Å². The zero-order chi connectivity index (χ0) is 19.8. The van der Waals surface area contributed by atoms with Crippen LogP contribution in [0, 0.1) is 17.7 Å². The largest absolute Gasteiger partial charge is 0.384 e. The molecule has 1 unspecified atom stereocenters. The molecule has 0 saturated carbocycles. The summed E-state index contributed by atoms with van der Waals surface area (Å²) in [4.78, 5) is 20.6. The molecule has 4 rings (SSSR count). The van der Waals surface area contributed by atoms with E-state index in [1.807, 2.05) is 12.1 Å². The number of benzene rings is 1. The molecule has 3 aromatic rings. The number of nitrogens with two attached hydrogens (primary N) is 1. The average Bonchev–Trinajstić information content (AvgIpc) is 3.00. The molecule has 2 heterocycles. The number of hydrogen-bond acceptors (Lipinski definition) is 3. The van der Waals surface area contributed by atoms with Crippen LogP contribution >= 0.6 is 0 Å². The molecule has 0 aliphatic heterocycles. The first-order valence-electron chi connectivity index (χ1n) is 9.65. The van der Waals surface area contributed by atoms with Gasteiger partial charge in [-0.25, -0.2) is 9.37 Å². The molecule has 144 valence electrons. The lowest BCUT2D eigenvalue weighted by atomic mass is 9.79. The number of anilines is 1. The number of rotatable bonds is 4. The van der Waals surface area contributed by atoms with E-state index in [1.54, 1.807) is 18.3 Å². The SMILES string of the molecule is CC(C)C1CC(=O)c2c([nH]c(-c3ccnc(N)c3)c2Cc2cccc(F)c2)C1. The van der Waals surface area contributed by atoms with E-state index in [4.69, 9.17) is 5.73 Å². The number of nitrogens with one attached hydrogen (secondary N) is 1. The summed E-state index contributed by atoms with van der Waals surface area (Å²) in [5, 5.41) is 0. The van der Waals surface area contributed by atoms with Gasteiger partial charge in [0.1, 0.15) is 11.6 Å². The van der Waals surface area contributed by atoms with Gasteiger partial charge in [0.25, 0.3) is 0 Å². The van der Waals surface area contributed by atoms with Gasteiger partial charge in [-0.1, -0.05) is 26.0 Å². The summed E-state index contributed by atoms with van der Waals surface area (Å²) in [5.41, 5.74) is 11.2. The molecular weight excluding hydrogens is 353 g/mol. The number of halogens is 1. The van der Waals surface area contributed by atoms with Crippen LogP contribution < -0.4 is 5.73 Å². The summed E-state index contributed by atoms with van der Waals surface area (Å²) < 4.78 is 13.7. The van der Waals surface area contributed by atoms with E-state index < -0.39 is 0 Å². The number of carbonyl (C=O) groups is 1. The van der Waals surface area contributed by atoms with Crippen LogP contribution in [0.5, 0.6) is 0 Å². The standard InChI is InChI=1S/C23H24FN3O/c1-13(2)16-10-19-22(20(28)11-16)18(9-14-4-3-5-17(24)8-14)23(27-19)15-6-7-26-21(25)12-15/h3-8,12-13,16,27H,9-11H2,1-2H3,(H2,25,26). The van der Waals surface area contributed by atoms with Gasteiger partial charge in [0, 0.05) is 35.9 Å². The van der Waals surface area contributed by atoms with Crippen molar-refractivity contribution in [2.24, 2.45) is 11.8 Å². The lowest BCUT2D eigenvalue weighted by Gasteiger charge is -2.25. The second-order valence-electron chi connectivity index (χ2n) is 7.94. The van der Waals surface area contributed by atoms with Crippen molar-refractivity contribution in [2.75, 3.05) is 5.73 Å². The number of Topliss-reactive ketones (excluding diaryl/α,β-unsaturated/α-hetero) is 1. The summed E-state index contributed by atoms with van der Waals surface area (Å²) in [7, 11) is 0. The molecule has 0 radical (unpaired) electrons. The van der Waals surface area contributed by atoms with Crippen LogP contribution in [0.4, 0.5) is 10.2 Å². The molecule has 0 fully saturated rings. The number of aromatic nitrogens is 2. The highest BCUT2D eigenvalue weighted by Crippen LogP contribution is 2.38. The van der Waals surface area contributed by atoms with Crippen LogP contribution in [0.3, 0.4) is 0 Å². The van der Waals surface area contributed by atoms with Crippen LogP contribution in [-0.2, 0) is 12.8 Å². The number of fused-ring (bicyclic) bond motifs is 1. The highest BCUT2D eigenvalue weighted by molar-refractivity contribution is 6.02. The van der Waals surface area contributed by atoms with Crippen molar-refractivity contribution in [3.8, 4) is 11.3 Å². The van der Waals surface area contributed by atoms with Crippen molar-refractivity contribution in [3.05, 3.63) is 70.8 Å². The molecule has 1 aliphatic carbocycles. The second-order valence-corrected chi connectivity index (χ2v) is 7.94. The molecule has 0 amide bonds. The number of carbonyl (C=O) groups excluding carboxylic acids is 1. The minimum Gasteiger partial charge on any atom is -0.384 e. The number of H-pyrrole nitrogens is 1. The Morgan fingerprint density at radius 1 is 1.25 bits per heavy atom. The van der Waals surface area contributed by atoms with Gasteiger partial charge >= 0.3 is 0 Å². The summed E-state index contributed by atoms with van der Waals surface area (Å²) in [6.45, 7) is 4.31. The van der Waals surface area contributed by atoms with E-state index in [1.165, 1.54) is 12.1 Å². The normalized spacial score (nSPS) is 16.4. The highest BCUT2D eigenvalue weighted by atomic mass is 19.1. The van der Waals surface area contributed by atoms with Crippen LogP contribution in [-0.4, -0.2) is 15.8 Å². The van der Waals surface area contributed by atoms with E-state index in [0.29, 0.717) is 30.5 Å². The Morgan fingerprint density at radius 3 is 2.79 bits per heavy atom. The topological polar surface area (TPSA) is 71.8 Å². The average molecular weight is 377 g/mol. The summed E-state index contributed by atoms with van der Waals surface area (Å²) in [6.07, 6.45) is 3.54. The third-order valence-corrected chi connectivity index (χ3v) is 5.66. The predicted octanol–water partition coefficient (Wildman–Crippen LogP) is 4.79. The molecule has 1 atom stereocenters. The number of pyridine rings is 1. The molecule has 3 N–H and O–H groups in total. The summed E-state index contributed by atoms with van der Waals surface area (Å²) in [5.74, 6) is 1.08. The lowest BCUT2D eigenvalue weighted by Crippen LogP contribution is -2.24. The first kappa shape index (κ1) is 18.4. The first-order valence-corrected chi connectivity index (χ1v) is 9.65. The maximum Gasteiger partial charge on any atom is 0.165 e. The molecule has 0 bridgehead atoms. The minimum atomic E-state index is -0.275. The zero-order valence-electron chi connectivity index (χ0n) is 16.1. The maximum absolute atomic E-state index is 13.7. The monoisotopic (exact) mass is 377 g/mol. The fourth-order valence-corrected chi connectivity index (χ4v) is 4.11. The maximum atomic E-state index is 13.7. The van der Waals surface area contributed by atoms with Crippen molar-refractivity contribution in [3.63, 3.8) is 0 Å². The number of aromatic amines is 1. The van der Waals surface area contributed by atoms with E-state index in [-0.39, 0.29) is 11.6 Å². The smallest absolute Gasteiger partial charge is 0.165 e. The Balaban J connectivity index is 1.86. The molecular formula is C23H24FN3O. The Bertz CT molecular complexity index is 1040. The molecule has 2 aromatic heterocycles. The third-order valence-electron chi connectivity index (χ3n) is 5.66. The van der Waals surface area contributed by atoms with Crippen LogP contribution in [0.2, 0.25) is 0 Å². The van der Waals surface area contributed by atoms with Gasteiger partial charge in [-0.05, 0) is 53.6 Å². The second kappa shape index (κ2) is 7.23. The number of nitrogen functional groups attached to an aromatic ring is 1. The molecule has 4 nitrogen and oxygen atoms in total. The van der Waals surface area contributed by atoms with Crippen molar-refractivity contribution >= 4 is 11.6 Å². The molecule has 0 spiro atoms. The van der Waals surface area contributed by atoms with Crippen molar-refractivity contribution in [1.82, 2.24) is 9.97 Å². The van der Waals surface area contributed by atoms with E-state index >= 15 is 0 Å². The third kappa shape index (κ3) is 3.44. The molecule has 28 heavy (non-hydrogen) atoms.